The number of nitrogens with zero attached hydrogens (tertiary/aromatic N) is 2. The van der Waals surface area contributed by atoms with E-state index in [4.69, 9.17) is 16.3 Å². The molecule has 0 spiro atoms. The zero-order valence-corrected chi connectivity index (χ0v) is 12.5. The Labute approximate surface area is 127 Å². The van der Waals surface area contributed by atoms with Gasteiger partial charge in [0.2, 0.25) is 0 Å². The van der Waals surface area contributed by atoms with E-state index in [1.54, 1.807) is 37.3 Å². The highest BCUT2D eigenvalue weighted by molar-refractivity contribution is 6.30. The standard InChI is InChI=1S/C15H15ClN2O3/c1-3-13(15(20)21-2)18-14(19)9-8-12(17-18)10-4-6-11(16)7-5-10/h4-9,13H,3H2,1-2H3. The largest absolute Gasteiger partial charge is 0.467 e. The van der Waals surface area contributed by atoms with Crippen LogP contribution in [0.1, 0.15) is 19.4 Å². The normalized spacial score (nSPS) is 12.0. The van der Waals surface area contributed by atoms with Gasteiger partial charge in [-0.1, -0.05) is 30.7 Å². The monoisotopic (exact) mass is 306 g/mol. The van der Waals surface area contributed by atoms with Gasteiger partial charge in [-0.15, -0.1) is 0 Å². The summed E-state index contributed by atoms with van der Waals surface area (Å²) >= 11 is 5.85. The van der Waals surface area contributed by atoms with Gasteiger partial charge in [-0.2, -0.15) is 5.10 Å². The average molecular weight is 307 g/mol. The zero-order chi connectivity index (χ0) is 15.4. The van der Waals surface area contributed by atoms with Gasteiger partial charge in [-0.25, -0.2) is 9.48 Å². The van der Waals surface area contributed by atoms with Crippen LogP contribution in [0.15, 0.2) is 41.2 Å². The lowest BCUT2D eigenvalue weighted by molar-refractivity contribution is -0.145. The zero-order valence-electron chi connectivity index (χ0n) is 11.7. The van der Waals surface area contributed by atoms with Crippen molar-refractivity contribution >= 4 is 17.6 Å². The highest BCUT2D eigenvalue weighted by atomic mass is 35.5. The third-order valence-corrected chi connectivity index (χ3v) is 3.37. The Morgan fingerprint density at radius 2 is 1.95 bits per heavy atom. The molecule has 6 heteroatoms. The molecule has 2 rings (SSSR count). The molecule has 0 N–H and O–H groups in total. The summed E-state index contributed by atoms with van der Waals surface area (Å²) in [6.45, 7) is 1.80. The van der Waals surface area contributed by atoms with Crippen LogP contribution in [0.5, 0.6) is 0 Å². The highest BCUT2D eigenvalue weighted by Crippen LogP contribution is 2.19. The summed E-state index contributed by atoms with van der Waals surface area (Å²) in [5.41, 5.74) is 1.06. The lowest BCUT2D eigenvalue weighted by Crippen LogP contribution is -2.32. The molecule has 1 atom stereocenters. The van der Waals surface area contributed by atoms with E-state index >= 15 is 0 Å². The summed E-state index contributed by atoms with van der Waals surface area (Å²) in [6.07, 6.45) is 0.420. The topological polar surface area (TPSA) is 61.2 Å². The number of halogens is 1. The van der Waals surface area contributed by atoms with Crippen LogP contribution in [-0.4, -0.2) is 22.9 Å². The number of hydrogen-bond donors (Lipinski definition) is 0. The van der Waals surface area contributed by atoms with E-state index in [1.165, 1.54) is 13.2 Å². The van der Waals surface area contributed by atoms with E-state index in [0.717, 1.165) is 10.2 Å². The van der Waals surface area contributed by atoms with E-state index in [-0.39, 0.29) is 5.56 Å². The molecule has 0 saturated carbocycles. The van der Waals surface area contributed by atoms with Gasteiger partial charge in [0.1, 0.15) is 0 Å². The number of esters is 1. The lowest BCUT2D eigenvalue weighted by atomic mass is 10.1. The summed E-state index contributed by atoms with van der Waals surface area (Å²) in [5, 5.41) is 4.89. The van der Waals surface area contributed by atoms with Crippen molar-refractivity contribution in [1.82, 2.24) is 9.78 Å². The third kappa shape index (κ3) is 3.31. The van der Waals surface area contributed by atoms with E-state index < -0.39 is 12.0 Å². The maximum absolute atomic E-state index is 11.9. The first kappa shape index (κ1) is 15.3. The minimum Gasteiger partial charge on any atom is -0.467 e. The molecule has 0 fully saturated rings. The molecular weight excluding hydrogens is 292 g/mol. The molecule has 1 aromatic heterocycles. The van der Waals surface area contributed by atoms with Crippen LogP contribution >= 0.6 is 11.6 Å². The average Bonchev–Trinajstić information content (AvgIpc) is 2.50. The van der Waals surface area contributed by atoms with Gasteiger partial charge in [-0.05, 0) is 24.6 Å². The molecule has 110 valence electrons. The molecule has 2 aromatic rings. The van der Waals surface area contributed by atoms with Gasteiger partial charge in [0.25, 0.3) is 5.56 Å². The third-order valence-electron chi connectivity index (χ3n) is 3.12. The number of benzene rings is 1. The van der Waals surface area contributed by atoms with Gasteiger partial charge in [0.15, 0.2) is 6.04 Å². The molecule has 1 unspecified atom stereocenters. The van der Waals surface area contributed by atoms with Gasteiger partial charge in [0, 0.05) is 16.7 Å². The van der Waals surface area contributed by atoms with E-state index in [2.05, 4.69) is 5.10 Å². The van der Waals surface area contributed by atoms with E-state index in [9.17, 15) is 9.59 Å². The SMILES string of the molecule is CCC(C(=O)OC)n1nc(-c2ccc(Cl)cc2)ccc1=O. The number of methoxy groups -OCH3 is 1. The van der Waals surface area contributed by atoms with Crippen molar-refractivity contribution in [2.24, 2.45) is 0 Å². The molecule has 0 aliphatic heterocycles. The number of carbonyl (C=O) groups is 1. The second kappa shape index (κ2) is 6.54. The Balaban J connectivity index is 2.48. The van der Waals surface area contributed by atoms with Crippen LogP contribution in [0.25, 0.3) is 11.3 Å². The first-order valence-corrected chi connectivity index (χ1v) is 6.88. The minimum absolute atomic E-state index is 0.343. The maximum atomic E-state index is 11.9. The van der Waals surface area contributed by atoms with Crippen molar-refractivity contribution in [2.45, 2.75) is 19.4 Å². The quantitative estimate of drug-likeness (QED) is 0.815. The van der Waals surface area contributed by atoms with Gasteiger partial charge < -0.3 is 4.74 Å². The Kier molecular flexibility index (Phi) is 4.75. The molecule has 21 heavy (non-hydrogen) atoms. The Morgan fingerprint density at radius 1 is 1.29 bits per heavy atom. The first-order valence-electron chi connectivity index (χ1n) is 6.50. The van der Waals surface area contributed by atoms with Crippen LogP contribution < -0.4 is 5.56 Å². The number of carbonyl (C=O) groups excluding carboxylic acids is 1. The Bertz CT molecular complexity index is 695. The number of aromatic nitrogens is 2. The summed E-state index contributed by atoms with van der Waals surface area (Å²) in [4.78, 5) is 23.7. The van der Waals surface area contributed by atoms with E-state index in [1.807, 2.05) is 0 Å². The minimum atomic E-state index is -0.727. The second-order valence-electron chi connectivity index (χ2n) is 4.46. The fourth-order valence-corrected chi connectivity index (χ4v) is 2.12. The Morgan fingerprint density at radius 3 is 2.52 bits per heavy atom. The van der Waals surface area contributed by atoms with Gasteiger partial charge in [-0.3, -0.25) is 4.79 Å². The van der Waals surface area contributed by atoms with Crippen LogP contribution in [0, 0.1) is 0 Å². The molecule has 0 saturated heterocycles. The predicted octanol–water partition coefficient (Wildman–Crippen LogP) is 2.69. The first-order chi connectivity index (χ1) is 10.1. The van der Waals surface area contributed by atoms with Crippen molar-refractivity contribution in [3.05, 3.63) is 51.8 Å². The van der Waals surface area contributed by atoms with Gasteiger partial charge >= 0.3 is 5.97 Å². The molecule has 1 aromatic carbocycles. The van der Waals surface area contributed by atoms with Crippen molar-refractivity contribution < 1.29 is 9.53 Å². The number of ether oxygens (including phenoxy) is 1. The summed E-state index contributed by atoms with van der Waals surface area (Å²) < 4.78 is 5.88. The van der Waals surface area contributed by atoms with Crippen LogP contribution in [0.4, 0.5) is 0 Å². The molecule has 0 bridgehead atoms. The van der Waals surface area contributed by atoms with Gasteiger partial charge in [0.05, 0.1) is 12.8 Å². The summed E-state index contributed by atoms with van der Waals surface area (Å²) in [7, 11) is 1.29. The lowest BCUT2D eigenvalue weighted by Gasteiger charge is -2.15. The summed E-state index contributed by atoms with van der Waals surface area (Å²) in [6, 6.07) is 9.37. The van der Waals surface area contributed by atoms with Crippen molar-refractivity contribution in [1.29, 1.82) is 0 Å². The van der Waals surface area contributed by atoms with E-state index in [0.29, 0.717) is 17.1 Å². The predicted molar refractivity (Wildman–Crippen MR) is 80.3 cm³/mol. The fraction of sp³-hybridized carbons (Fsp3) is 0.267. The van der Waals surface area contributed by atoms with Crippen molar-refractivity contribution in [3.8, 4) is 11.3 Å². The fourth-order valence-electron chi connectivity index (χ4n) is 2.00. The molecule has 0 amide bonds. The molecule has 1 heterocycles. The second-order valence-corrected chi connectivity index (χ2v) is 4.89. The molecular formula is C15H15ClN2O3. The number of hydrogen-bond acceptors (Lipinski definition) is 4. The van der Waals surface area contributed by atoms with Crippen molar-refractivity contribution in [3.63, 3.8) is 0 Å². The molecule has 0 aliphatic carbocycles. The summed E-state index contributed by atoms with van der Waals surface area (Å²) in [5.74, 6) is -0.486. The maximum Gasteiger partial charge on any atom is 0.330 e. The molecule has 5 nitrogen and oxygen atoms in total. The smallest absolute Gasteiger partial charge is 0.330 e. The Hall–Kier alpha value is -2.14. The van der Waals surface area contributed by atoms with Crippen molar-refractivity contribution in [2.75, 3.05) is 7.11 Å². The van der Waals surface area contributed by atoms with Crippen LogP contribution in [-0.2, 0) is 9.53 Å². The molecule has 0 radical (unpaired) electrons. The number of rotatable bonds is 4. The van der Waals surface area contributed by atoms with Crippen LogP contribution in [0.2, 0.25) is 5.02 Å². The molecule has 0 aliphatic rings. The highest BCUT2D eigenvalue weighted by Gasteiger charge is 2.21. The van der Waals surface area contributed by atoms with Crippen LogP contribution in [0.3, 0.4) is 0 Å².